The second-order valence-corrected chi connectivity index (χ2v) is 7.61. The van der Waals surface area contributed by atoms with Gasteiger partial charge in [0.1, 0.15) is 6.42 Å². The molecule has 1 N–H and O–H groups in total. The number of hydrogen-bond acceptors (Lipinski definition) is 3. The second-order valence-electron chi connectivity index (χ2n) is 7.61. The summed E-state index contributed by atoms with van der Waals surface area (Å²) in [4.78, 5) is 21.6. The van der Waals surface area contributed by atoms with Crippen molar-refractivity contribution < 1.29 is 19.4 Å². The number of rotatable bonds is 19. The van der Waals surface area contributed by atoms with Crippen molar-refractivity contribution >= 4 is 11.9 Å². The van der Waals surface area contributed by atoms with Gasteiger partial charge in [-0.25, -0.2) is 0 Å². The van der Waals surface area contributed by atoms with Crippen LogP contribution in [0.4, 0.5) is 0 Å². The highest BCUT2D eigenvalue weighted by Gasteiger charge is 2.12. The molecule has 1 unspecified atom stereocenters. The second kappa shape index (κ2) is 18.7. The summed E-state index contributed by atoms with van der Waals surface area (Å²) in [6.45, 7) is 4.10. The molecule has 0 bridgehead atoms. The molecule has 0 spiro atoms. The molecule has 0 fully saturated rings. The summed E-state index contributed by atoms with van der Waals surface area (Å²) in [6, 6.07) is 0. The highest BCUT2D eigenvalue weighted by molar-refractivity contribution is 5.90. The van der Waals surface area contributed by atoms with Crippen LogP contribution in [0.5, 0.6) is 0 Å². The third-order valence-electron chi connectivity index (χ3n) is 4.84. The summed E-state index contributed by atoms with van der Waals surface area (Å²) in [7, 11) is 0. The maximum absolute atomic E-state index is 11.2. The molecule has 0 saturated carbocycles. The molecule has 0 aromatic heterocycles. The first kappa shape index (κ1) is 24.9. The number of unbranched alkanes of at least 4 members (excludes halogenated alkanes) is 14. The SMILES string of the molecule is CCCCCCCCCCCCCCCCCC(C)OC(=O)CC(=O)O. The largest absolute Gasteiger partial charge is 0.481 e. The van der Waals surface area contributed by atoms with Crippen LogP contribution >= 0.6 is 0 Å². The molecule has 0 amide bonds. The zero-order valence-corrected chi connectivity index (χ0v) is 17.3. The zero-order valence-electron chi connectivity index (χ0n) is 17.3. The van der Waals surface area contributed by atoms with Gasteiger partial charge in [-0.1, -0.05) is 96.8 Å². The van der Waals surface area contributed by atoms with Crippen molar-refractivity contribution in [2.45, 2.75) is 129 Å². The lowest BCUT2D eigenvalue weighted by Crippen LogP contribution is -2.17. The number of carbonyl (C=O) groups is 2. The molecule has 0 aliphatic heterocycles. The highest BCUT2D eigenvalue weighted by Crippen LogP contribution is 2.14. The van der Waals surface area contributed by atoms with Crippen LogP contribution in [0.1, 0.15) is 123 Å². The van der Waals surface area contributed by atoms with Crippen molar-refractivity contribution in [1.29, 1.82) is 0 Å². The van der Waals surface area contributed by atoms with E-state index in [4.69, 9.17) is 9.84 Å². The molecule has 1 atom stereocenters. The Kier molecular flexibility index (Phi) is 18.0. The van der Waals surface area contributed by atoms with E-state index in [-0.39, 0.29) is 6.10 Å². The molecule has 0 aromatic carbocycles. The monoisotopic (exact) mass is 370 g/mol. The first-order chi connectivity index (χ1) is 12.6. The van der Waals surface area contributed by atoms with Gasteiger partial charge >= 0.3 is 11.9 Å². The fourth-order valence-corrected chi connectivity index (χ4v) is 3.25. The molecule has 0 aliphatic rings. The van der Waals surface area contributed by atoms with Crippen LogP contribution in [-0.2, 0) is 14.3 Å². The minimum Gasteiger partial charge on any atom is -0.481 e. The van der Waals surface area contributed by atoms with Gasteiger partial charge in [0, 0.05) is 0 Å². The van der Waals surface area contributed by atoms with Crippen molar-refractivity contribution in [1.82, 2.24) is 0 Å². The Hall–Kier alpha value is -1.06. The van der Waals surface area contributed by atoms with E-state index in [1.165, 1.54) is 89.9 Å². The van der Waals surface area contributed by atoms with Crippen LogP contribution in [-0.4, -0.2) is 23.1 Å². The van der Waals surface area contributed by atoms with Gasteiger partial charge in [0.2, 0.25) is 0 Å². The summed E-state index contributed by atoms with van der Waals surface area (Å²) in [5.74, 6) is -1.76. The Bertz CT molecular complexity index is 341. The van der Waals surface area contributed by atoms with E-state index in [9.17, 15) is 9.59 Å². The summed E-state index contributed by atoms with van der Waals surface area (Å²) in [6.07, 6.45) is 20.1. The molecule has 4 nitrogen and oxygen atoms in total. The maximum atomic E-state index is 11.2. The maximum Gasteiger partial charge on any atom is 0.317 e. The van der Waals surface area contributed by atoms with Gasteiger partial charge < -0.3 is 9.84 Å². The number of carbonyl (C=O) groups excluding carboxylic acids is 1. The zero-order chi connectivity index (χ0) is 19.5. The number of hydrogen-bond donors (Lipinski definition) is 1. The number of aliphatic carboxylic acids is 1. The molecule has 0 rings (SSSR count). The molecule has 0 aliphatic carbocycles. The van der Waals surface area contributed by atoms with Crippen LogP contribution in [0.3, 0.4) is 0 Å². The number of ether oxygens (including phenoxy) is 1. The minimum absolute atomic E-state index is 0.177. The summed E-state index contributed by atoms with van der Waals surface area (Å²) in [5, 5.41) is 8.51. The first-order valence-corrected chi connectivity index (χ1v) is 11.0. The van der Waals surface area contributed by atoms with Crippen molar-refractivity contribution in [2.24, 2.45) is 0 Å². The van der Waals surface area contributed by atoms with E-state index in [1.54, 1.807) is 0 Å². The van der Waals surface area contributed by atoms with Gasteiger partial charge in [-0.05, 0) is 19.8 Å². The van der Waals surface area contributed by atoms with E-state index >= 15 is 0 Å². The number of carboxylic acid groups (broad SMARTS) is 1. The highest BCUT2D eigenvalue weighted by atomic mass is 16.5. The quantitative estimate of drug-likeness (QED) is 0.157. The van der Waals surface area contributed by atoms with Crippen LogP contribution in [0.15, 0.2) is 0 Å². The van der Waals surface area contributed by atoms with Crippen molar-refractivity contribution in [3.8, 4) is 0 Å². The molecule has 26 heavy (non-hydrogen) atoms. The van der Waals surface area contributed by atoms with Crippen molar-refractivity contribution in [3.05, 3.63) is 0 Å². The Labute approximate surface area is 161 Å². The van der Waals surface area contributed by atoms with Crippen LogP contribution in [0, 0.1) is 0 Å². The lowest BCUT2D eigenvalue weighted by Gasteiger charge is -2.12. The molecule has 0 heterocycles. The van der Waals surface area contributed by atoms with Gasteiger partial charge in [-0.3, -0.25) is 9.59 Å². The third-order valence-corrected chi connectivity index (χ3v) is 4.84. The van der Waals surface area contributed by atoms with E-state index in [2.05, 4.69) is 6.92 Å². The number of esters is 1. The smallest absolute Gasteiger partial charge is 0.317 e. The molecule has 0 radical (unpaired) electrons. The number of carboxylic acids is 1. The van der Waals surface area contributed by atoms with E-state index in [0.29, 0.717) is 0 Å². The molecule has 4 heteroatoms. The van der Waals surface area contributed by atoms with Crippen LogP contribution < -0.4 is 0 Å². The lowest BCUT2D eigenvalue weighted by molar-refractivity contribution is -0.154. The Morgan fingerprint density at radius 1 is 0.731 bits per heavy atom. The van der Waals surface area contributed by atoms with Crippen molar-refractivity contribution in [2.75, 3.05) is 0 Å². The fraction of sp³-hybridized carbons (Fsp3) is 0.909. The molecule has 0 saturated heterocycles. The van der Waals surface area contributed by atoms with E-state index in [0.717, 1.165) is 12.8 Å². The summed E-state index contributed by atoms with van der Waals surface area (Å²) < 4.78 is 5.06. The van der Waals surface area contributed by atoms with E-state index in [1.807, 2.05) is 6.92 Å². The minimum atomic E-state index is -1.13. The van der Waals surface area contributed by atoms with Crippen molar-refractivity contribution in [3.63, 3.8) is 0 Å². The molecular weight excluding hydrogens is 328 g/mol. The van der Waals surface area contributed by atoms with Crippen LogP contribution in [0.2, 0.25) is 0 Å². The summed E-state index contributed by atoms with van der Waals surface area (Å²) in [5.41, 5.74) is 0. The molecule has 0 aromatic rings. The third kappa shape index (κ3) is 19.3. The fourth-order valence-electron chi connectivity index (χ4n) is 3.25. The molecular formula is C22H42O4. The standard InChI is InChI=1S/C22H42O4/c1-3-4-5-6-7-8-9-10-11-12-13-14-15-16-17-18-20(2)26-22(25)19-21(23)24/h20H,3-19H2,1-2H3,(H,23,24). The Balaban J connectivity index is 3.21. The van der Waals surface area contributed by atoms with E-state index < -0.39 is 18.4 Å². The Morgan fingerprint density at radius 2 is 1.12 bits per heavy atom. The Morgan fingerprint density at radius 3 is 1.50 bits per heavy atom. The van der Waals surface area contributed by atoms with Gasteiger partial charge in [0.05, 0.1) is 6.10 Å². The first-order valence-electron chi connectivity index (χ1n) is 11.0. The predicted octanol–water partition coefficient (Wildman–Crippen LogP) is 6.65. The van der Waals surface area contributed by atoms with Gasteiger partial charge in [0.15, 0.2) is 0 Å². The normalized spacial score (nSPS) is 12.1. The van der Waals surface area contributed by atoms with Gasteiger partial charge in [0.25, 0.3) is 0 Å². The topological polar surface area (TPSA) is 63.6 Å². The lowest BCUT2D eigenvalue weighted by atomic mass is 10.0. The average molecular weight is 371 g/mol. The summed E-state index contributed by atoms with van der Waals surface area (Å²) >= 11 is 0. The molecule has 154 valence electrons. The van der Waals surface area contributed by atoms with Gasteiger partial charge in [-0.15, -0.1) is 0 Å². The van der Waals surface area contributed by atoms with Gasteiger partial charge in [-0.2, -0.15) is 0 Å². The average Bonchev–Trinajstić information content (AvgIpc) is 2.57. The van der Waals surface area contributed by atoms with Crippen LogP contribution in [0.25, 0.3) is 0 Å². The predicted molar refractivity (Wildman–Crippen MR) is 107 cm³/mol.